The third-order valence-electron chi connectivity index (χ3n) is 4.80. The maximum Gasteiger partial charge on any atom is 0.243 e. The maximum atomic E-state index is 13.4. The van der Waals surface area contributed by atoms with Gasteiger partial charge < -0.3 is 4.57 Å². The fraction of sp³-hybridized carbons (Fsp3) is 0.333. The number of aryl methyl sites for hydroxylation is 1. The summed E-state index contributed by atoms with van der Waals surface area (Å²) in [5.74, 6) is 0.297. The van der Waals surface area contributed by atoms with Crippen molar-refractivity contribution in [1.29, 1.82) is 0 Å². The minimum atomic E-state index is -3.71. The van der Waals surface area contributed by atoms with Gasteiger partial charge in [0.1, 0.15) is 17.2 Å². The zero-order valence-corrected chi connectivity index (χ0v) is 15.2. The largest absolute Gasteiger partial charge is 0.313 e. The third kappa shape index (κ3) is 2.79. The minimum Gasteiger partial charge on any atom is -0.313 e. The molecular formula is C18H19FN4O2S. The van der Waals surface area contributed by atoms with E-state index in [1.54, 1.807) is 6.20 Å². The van der Waals surface area contributed by atoms with Gasteiger partial charge in [-0.2, -0.15) is 4.31 Å². The van der Waals surface area contributed by atoms with Crippen molar-refractivity contribution in [3.05, 3.63) is 54.2 Å². The van der Waals surface area contributed by atoms with Crippen LogP contribution in [0.5, 0.6) is 0 Å². The van der Waals surface area contributed by atoms with E-state index in [-0.39, 0.29) is 10.8 Å². The molecule has 3 heterocycles. The third-order valence-corrected chi connectivity index (χ3v) is 6.66. The van der Waals surface area contributed by atoms with Gasteiger partial charge in [0, 0.05) is 31.7 Å². The maximum absolute atomic E-state index is 13.4. The average Bonchev–Trinajstić information content (AvgIpc) is 3.26. The zero-order chi connectivity index (χ0) is 18.3. The molecule has 0 amide bonds. The van der Waals surface area contributed by atoms with Crippen molar-refractivity contribution >= 4 is 21.2 Å². The number of imidazole rings is 1. The summed E-state index contributed by atoms with van der Waals surface area (Å²) in [5, 5.41) is 0. The molecule has 6 nitrogen and oxygen atoms in total. The fourth-order valence-corrected chi connectivity index (χ4v) is 5.07. The molecule has 0 saturated carbocycles. The van der Waals surface area contributed by atoms with E-state index in [0.717, 1.165) is 29.6 Å². The lowest BCUT2D eigenvalue weighted by molar-refractivity contribution is 0.468. The van der Waals surface area contributed by atoms with Crippen LogP contribution < -0.4 is 0 Å². The first-order valence-electron chi connectivity index (χ1n) is 8.57. The lowest BCUT2D eigenvalue weighted by Gasteiger charge is -2.17. The van der Waals surface area contributed by atoms with E-state index in [4.69, 9.17) is 0 Å². The predicted molar refractivity (Wildman–Crippen MR) is 95.7 cm³/mol. The second kappa shape index (κ2) is 6.44. The van der Waals surface area contributed by atoms with E-state index in [1.807, 2.05) is 23.6 Å². The Kier molecular flexibility index (Phi) is 4.24. The quantitative estimate of drug-likeness (QED) is 0.704. The van der Waals surface area contributed by atoms with Crippen LogP contribution in [0.15, 0.2) is 47.5 Å². The monoisotopic (exact) mass is 374 g/mol. The summed E-state index contributed by atoms with van der Waals surface area (Å²) in [7, 11) is -3.71. The standard InChI is InChI=1S/C18H19FN4O2S/c1-2-23-17(21-16-7-4-9-20-18(16)23)13-8-10-22(12-13)26(24,25)15-6-3-5-14(19)11-15/h3-7,9,11,13H,2,8,10,12H2,1H3. The van der Waals surface area contributed by atoms with E-state index < -0.39 is 15.8 Å². The molecule has 1 unspecified atom stereocenters. The summed E-state index contributed by atoms with van der Waals surface area (Å²) in [4.78, 5) is 9.07. The minimum absolute atomic E-state index is 0.00696. The number of nitrogens with zero attached hydrogens (tertiary/aromatic N) is 4. The second-order valence-corrected chi connectivity index (χ2v) is 8.30. The molecule has 0 radical (unpaired) electrons. The van der Waals surface area contributed by atoms with Crippen molar-refractivity contribution in [3.8, 4) is 0 Å². The highest BCUT2D eigenvalue weighted by Crippen LogP contribution is 2.32. The molecule has 0 N–H and O–H groups in total. The molecule has 26 heavy (non-hydrogen) atoms. The normalized spacial score (nSPS) is 18.6. The van der Waals surface area contributed by atoms with Crippen molar-refractivity contribution < 1.29 is 12.8 Å². The number of halogens is 1. The van der Waals surface area contributed by atoms with Gasteiger partial charge in [-0.3, -0.25) is 0 Å². The molecule has 1 aliphatic heterocycles. The zero-order valence-electron chi connectivity index (χ0n) is 14.3. The highest BCUT2D eigenvalue weighted by molar-refractivity contribution is 7.89. The van der Waals surface area contributed by atoms with Gasteiger partial charge in [-0.25, -0.2) is 22.8 Å². The molecule has 1 saturated heterocycles. The van der Waals surface area contributed by atoms with E-state index in [1.165, 1.54) is 22.5 Å². The molecule has 0 spiro atoms. The second-order valence-electron chi connectivity index (χ2n) is 6.37. The SMILES string of the molecule is CCn1c(C2CCN(S(=O)(=O)c3cccc(F)c3)C2)nc2cccnc21. The first-order chi connectivity index (χ1) is 12.5. The van der Waals surface area contributed by atoms with Crippen molar-refractivity contribution in [1.82, 2.24) is 18.8 Å². The van der Waals surface area contributed by atoms with Gasteiger partial charge >= 0.3 is 0 Å². The van der Waals surface area contributed by atoms with Gasteiger partial charge in [0.2, 0.25) is 10.0 Å². The smallest absolute Gasteiger partial charge is 0.243 e. The number of aromatic nitrogens is 3. The van der Waals surface area contributed by atoms with E-state index >= 15 is 0 Å². The Morgan fingerprint density at radius 2 is 2.12 bits per heavy atom. The van der Waals surface area contributed by atoms with E-state index in [2.05, 4.69) is 9.97 Å². The van der Waals surface area contributed by atoms with Gasteiger partial charge in [-0.1, -0.05) is 6.07 Å². The van der Waals surface area contributed by atoms with Gasteiger partial charge in [0.05, 0.1) is 4.90 Å². The number of fused-ring (bicyclic) bond motifs is 1. The Labute approximate surface area is 151 Å². The van der Waals surface area contributed by atoms with Crippen LogP contribution in [0.4, 0.5) is 4.39 Å². The summed E-state index contributed by atoms with van der Waals surface area (Å²) in [6, 6.07) is 8.90. The summed E-state index contributed by atoms with van der Waals surface area (Å²) < 4.78 is 42.5. The van der Waals surface area contributed by atoms with Crippen LogP contribution in [0, 0.1) is 5.82 Å². The molecule has 1 atom stereocenters. The highest BCUT2D eigenvalue weighted by Gasteiger charge is 2.35. The van der Waals surface area contributed by atoms with Crippen molar-refractivity contribution in [2.45, 2.75) is 30.7 Å². The Bertz CT molecular complexity index is 1060. The number of hydrogen-bond acceptors (Lipinski definition) is 4. The van der Waals surface area contributed by atoms with Crippen LogP contribution in [0.3, 0.4) is 0 Å². The first kappa shape index (κ1) is 17.1. The van der Waals surface area contributed by atoms with Gasteiger partial charge in [0.15, 0.2) is 5.65 Å². The molecular weight excluding hydrogens is 355 g/mol. The molecule has 1 aliphatic rings. The Morgan fingerprint density at radius 3 is 2.88 bits per heavy atom. The van der Waals surface area contributed by atoms with Crippen LogP contribution in [0.25, 0.3) is 11.2 Å². The van der Waals surface area contributed by atoms with Crippen LogP contribution in [-0.4, -0.2) is 40.3 Å². The van der Waals surface area contributed by atoms with Crippen molar-refractivity contribution in [2.24, 2.45) is 0 Å². The number of rotatable bonds is 4. The summed E-state index contributed by atoms with van der Waals surface area (Å²) >= 11 is 0. The Balaban J connectivity index is 1.65. The average molecular weight is 374 g/mol. The summed E-state index contributed by atoms with van der Waals surface area (Å²) in [5.41, 5.74) is 1.63. The molecule has 1 fully saturated rings. The van der Waals surface area contributed by atoms with Gasteiger partial charge in [-0.05, 0) is 43.7 Å². The molecule has 3 aromatic rings. The highest BCUT2D eigenvalue weighted by atomic mass is 32.2. The molecule has 1 aromatic carbocycles. The molecule has 0 bridgehead atoms. The van der Waals surface area contributed by atoms with Crippen LogP contribution >= 0.6 is 0 Å². The van der Waals surface area contributed by atoms with Gasteiger partial charge in [-0.15, -0.1) is 0 Å². The van der Waals surface area contributed by atoms with Gasteiger partial charge in [0.25, 0.3) is 0 Å². The Hall–Kier alpha value is -2.32. The van der Waals surface area contributed by atoms with E-state index in [9.17, 15) is 12.8 Å². The van der Waals surface area contributed by atoms with Crippen molar-refractivity contribution in [2.75, 3.05) is 13.1 Å². The molecule has 136 valence electrons. The Morgan fingerprint density at radius 1 is 1.27 bits per heavy atom. The molecule has 2 aromatic heterocycles. The molecule has 0 aliphatic carbocycles. The fourth-order valence-electron chi connectivity index (χ4n) is 3.53. The number of sulfonamides is 1. The lowest BCUT2D eigenvalue weighted by Crippen LogP contribution is -2.29. The number of hydrogen-bond donors (Lipinski definition) is 0. The van der Waals surface area contributed by atoms with Crippen LogP contribution in [-0.2, 0) is 16.6 Å². The molecule has 4 rings (SSSR count). The predicted octanol–water partition coefficient (Wildman–Crippen LogP) is 2.77. The topological polar surface area (TPSA) is 68.1 Å². The van der Waals surface area contributed by atoms with Crippen molar-refractivity contribution in [3.63, 3.8) is 0 Å². The first-order valence-corrected chi connectivity index (χ1v) is 10.0. The van der Waals surface area contributed by atoms with Crippen LogP contribution in [0.1, 0.15) is 25.1 Å². The molecule has 8 heteroatoms. The lowest BCUT2D eigenvalue weighted by atomic mass is 10.1. The number of benzene rings is 1. The van der Waals surface area contributed by atoms with E-state index in [0.29, 0.717) is 19.5 Å². The summed E-state index contributed by atoms with van der Waals surface area (Å²) in [6.07, 6.45) is 2.41. The number of pyridine rings is 1. The van der Waals surface area contributed by atoms with Crippen LogP contribution in [0.2, 0.25) is 0 Å². The summed E-state index contributed by atoms with van der Waals surface area (Å²) in [6.45, 7) is 3.47.